The molecule has 0 aromatic heterocycles. The molecule has 2 aromatic rings. The summed E-state index contributed by atoms with van der Waals surface area (Å²) in [5.74, 6) is -0.00253. The normalized spacial score (nSPS) is 15.3. The number of piperazine rings is 1. The van der Waals surface area contributed by atoms with Gasteiger partial charge in [-0.15, -0.1) is 0 Å². The average Bonchev–Trinajstić information content (AvgIpc) is 2.58. The molecule has 1 heterocycles. The maximum absolute atomic E-state index is 12.1. The van der Waals surface area contributed by atoms with E-state index in [-0.39, 0.29) is 5.91 Å². The number of anilines is 2. The van der Waals surface area contributed by atoms with Crippen LogP contribution in [-0.4, -0.2) is 43.5 Å². The van der Waals surface area contributed by atoms with Crippen LogP contribution in [0.5, 0.6) is 0 Å². The Morgan fingerprint density at radius 1 is 0.875 bits per heavy atom. The Hall–Kier alpha value is -1.75. The number of hydrogen-bond acceptors (Lipinski definition) is 3. The number of halogens is 2. The lowest BCUT2D eigenvalue weighted by molar-refractivity contribution is -0.117. The van der Waals surface area contributed by atoms with Gasteiger partial charge in [0.05, 0.1) is 6.54 Å². The van der Waals surface area contributed by atoms with Crippen molar-refractivity contribution in [2.24, 2.45) is 0 Å². The fraction of sp³-hybridized carbons (Fsp3) is 0.278. The van der Waals surface area contributed by atoms with Crippen LogP contribution in [0.4, 0.5) is 11.4 Å². The predicted molar refractivity (Wildman–Crippen MR) is 100 cm³/mol. The number of carbonyl (C=O) groups is 1. The molecule has 3 rings (SSSR count). The second-order valence-electron chi connectivity index (χ2n) is 5.79. The molecule has 0 aliphatic carbocycles. The van der Waals surface area contributed by atoms with Gasteiger partial charge in [-0.25, -0.2) is 0 Å². The molecular formula is C18H19Cl2N3O. The zero-order valence-electron chi connectivity index (χ0n) is 13.2. The maximum Gasteiger partial charge on any atom is 0.238 e. The van der Waals surface area contributed by atoms with Crippen molar-refractivity contribution < 1.29 is 4.79 Å². The molecule has 2 aromatic carbocycles. The van der Waals surface area contributed by atoms with Gasteiger partial charge in [-0.1, -0.05) is 23.2 Å². The van der Waals surface area contributed by atoms with Gasteiger partial charge in [-0.05, 0) is 48.5 Å². The number of rotatable bonds is 4. The molecule has 0 radical (unpaired) electrons. The van der Waals surface area contributed by atoms with Crippen LogP contribution < -0.4 is 10.2 Å². The Balaban J connectivity index is 1.47. The maximum atomic E-state index is 12.1. The van der Waals surface area contributed by atoms with Crippen molar-refractivity contribution in [2.45, 2.75) is 0 Å². The van der Waals surface area contributed by atoms with Gasteiger partial charge in [0.15, 0.2) is 0 Å². The first-order chi connectivity index (χ1) is 11.6. The first-order valence-electron chi connectivity index (χ1n) is 7.88. The summed E-state index contributed by atoms with van der Waals surface area (Å²) in [7, 11) is 0. The molecular weight excluding hydrogens is 345 g/mol. The minimum Gasteiger partial charge on any atom is -0.369 e. The fourth-order valence-corrected chi connectivity index (χ4v) is 3.00. The highest BCUT2D eigenvalue weighted by atomic mass is 35.5. The quantitative estimate of drug-likeness (QED) is 0.898. The van der Waals surface area contributed by atoms with E-state index in [1.54, 1.807) is 24.3 Å². The Labute approximate surface area is 152 Å². The number of benzene rings is 2. The SMILES string of the molecule is O=C(CN1CCN(c2ccc(Cl)cc2)CC1)Nc1ccc(Cl)cc1. The Morgan fingerprint density at radius 3 is 2.00 bits per heavy atom. The zero-order chi connectivity index (χ0) is 16.9. The second-order valence-corrected chi connectivity index (χ2v) is 6.67. The molecule has 0 spiro atoms. The third kappa shape index (κ3) is 4.63. The minimum atomic E-state index is -0.00253. The van der Waals surface area contributed by atoms with Crippen molar-refractivity contribution in [1.82, 2.24) is 4.90 Å². The summed E-state index contributed by atoms with van der Waals surface area (Å²) in [4.78, 5) is 16.6. The van der Waals surface area contributed by atoms with Gasteiger partial charge >= 0.3 is 0 Å². The number of nitrogens with zero attached hydrogens (tertiary/aromatic N) is 2. The summed E-state index contributed by atoms with van der Waals surface area (Å²) >= 11 is 11.8. The molecule has 6 heteroatoms. The Kier molecular flexibility index (Phi) is 5.61. The van der Waals surface area contributed by atoms with Crippen molar-refractivity contribution in [3.05, 3.63) is 58.6 Å². The minimum absolute atomic E-state index is 0.00253. The highest BCUT2D eigenvalue weighted by Crippen LogP contribution is 2.19. The molecule has 0 atom stereocenters. The summed E-state index contributed by atoms with van der Waals surface area (Å²) in [6.07, 6.45) is 0. The highest BCUT2D eigenvalue weighted by molar-refractivity contribution is 6.30. The van der Waals surface area contributed by atoms with Gasteiger partial charge in [-0.2, -0.15) is 0 Å². The lowest BCUT2D eigenvalue weighted by atomic mass is 10.2. The van der Waals surface area contributed by atoms with Gasteiger partial charge in [0, 0.05) is 47.6 Å². The molecule has 0 unspecified atom stereocenters. The monoisotopic (exact) mass is 363 g/mol. The molecule has 24 heavy (non-hydrogen) atoms. The fourth-order valence-electron chi connectivity index (χ4n) is 2.75. The average molecular weight is 364 g/mol. The molecule has 126 valence electrons. The lowest BCUT2D eigenvalue weighted by Crippen LogP contribution is -2.48. The third-order valence-electron chi connectivity index (χ3n) is 4.06. The summed E-state index contributed by atoms with van der Waals surface area (Å²) in [5, 5.41) is 4.30. The molecule has 1 saturated heterocycles. The molecule has 1 N–H and O–H groups in total. The van der Waals surface area contributed by atoms with Crippen molar-refractivity contribution in [3.63, 3.8) is 0 Å². The molecule has 1 amide bonds. The van der Waals surface area contributed by atoms with Crippen molar-refractivity contribution in [1.29, 1.82) is 0 Å². The number of carbonyl (C=O) groups excluding carboxylic acids is 1. The van der Waals surface area contributed by atoms with Crippen molar-refractivity contribution in [3.8, 4) is 0 Å². The molecule has 1 aliphatic rings. The number of nitrogens with one attached hydrogen (secondary N) is 1. The van der Waals surface area contributed by atoms with Crippen LogP contribution >= 0.6 is 23.2 Å². The van der Waals surface area contributed by atoms with Crippen LogP contribution in [0.2, 0.25) is 10.0 Å². The largest absolute Gasteiger partial charge is 0.369 e. The van der Waals surface area contributed by atoms with Crippen LogP contribution in [-0.2, 0) is 4.79 Å². The van der Waals surface area contributed by atoms with E-state index in [9.17, 15) is 4.79 Å². The first kappa shape index (κ1) is 17.1. The van der Waals surface area contributed by atoms with E-state index in [2.05, 4.69) is 15.1 Å². The van der Waals surface area contributed by atoms with E-state index in [4.69, 9.17) is 23.2 Å². The van der Waals surface area contributed by atoms with E-state index in [1.165, 1.54) is 5.69 Å². The predicted octanol–water partition coefficient (Wildman–Crippen LogP) is 3.75. The second kappa shape index (κ2) is 7.88. The zero-order valence-corrected chi connectivity index (χ0v) is 14.7. The summed E-state index contributed by atoms with van der Waals surface area (Å²) in [6, 6.07) is 15.0. The van der Waals surface area contributed by atoms with E-state index in [0.717, 1.165) is 36.9 Å². The molecule has 4 nitrogen and oxygen atoms in total. The summed E-state index contributed by atoms with van der Waals surface area (Å²) in [5.41, 5.74) is 1.94. The molecule has 1 aliphatic heterocycles. The van der Waals surface area contributed by atoms with E-state index in [0.29, 0.717) is 11.6 Å². The molecule has 0 saturated carbocycles. The van der Waals surface area contributed by atoms with E-state index >= 15 is 0 Å². The van der Waals surface area contributed by atoms with Crippen LogP contribution in [0.1, 0.15) is 0 Å². The van der Waals surface area contributed by atoms with Crippen molar-refractivity contribution in [2.75, 3.05) is 42.9 Å². The van der Waals surface area contributed by atoms with Crippen LogP contribution in [0, 0.1) is 0 Å². The van der Waals surface area contributed by atoms with Gasteiger partial charge in [0.25, 0.3) is 0 Å². The van der Waals surface area contributed by atoms with Gasteiger partial charge in [-0.3, -0.25) is 9.69 Å². The number of hydrogen-bond donors (Lipinski definition) is 1. The smallest absolute Gasteiger partial charge is 0.238 e. The van der Waals surface area contributed by atoms with Crippen LogP contribution in [0.25, 0.3) is 0 Å². The van der Waals surface area contributed by atoms with Gasteiger partial charge < -0.3 is 10.2 Å². The lowest BCUT2D eigenvalue weighted by Gasteiger charge is -2.35. The molecule has 1 fully saturated rings. The van der Waals surface area contributed by atoms with Crippen LogP contribution in [0.15, 0.2) is 48.5 Å². The third-order valence-corrected chi connectivity index (χ3v) is 4.56. The van der Waals surface area contributed by atoms with E-state index < -0.39 is 0 Å². The topological polar surface area (TPSA) is 35.6 Å². The number of amides is 1. The Morgan fingerprint density at radius 2 is 1.42 bits per heavy atom. The Bertz CT molecular complexity index is 680. The van der Waals surface area contributed by atoms with E-state index in [1.807, 2.05) is 24.3 Å². The van der Waals surface area contributed by atoms with Gasteiger partial charge in [0.1, 0.15) is 0 Å². The summed E-state index contributed by atoms with van der Waals surface area (Å²) < 4.78 is 0. The summed E-state index contributed by atoms with van der Waals surface area (Å²) in [6.45, 7) is 3.91. The highest BCUT2D eigenvalue weighted by Gasteiger charge is 2.19. The molecule has 0 bridgehead atoms. The first-order valence-corrected chi connectivity index (χ1v) is 8.64. The van der Waals surface area contributed by atoms with Gasteiger partial charge in [0.2, 0.25) is 5.91 Å². The standard InChI is InChI=1S/C18H19Cl2N3O/c19-14-1-5-16(6-2-14)21-18(24)13-22-9-11-23(12-10-22)17-7-3-15(20)4-8-17/h1-8H,9-13H2,(H,21,24). The van der Waals surface area contributed by atoms with Crippen molar-refractivity contribution >= 4 is 40.5 Å². The van der Waals surface area contributed by atoms with Crippen LogP contribution in [0.3, 0.4) is 0 Å².